The molecular formula is C21H15F6N5O2. The maximum atomic E-state index is 13.1. The fourth-order valence-electron chi connectivity index (χ4n) is 2.94. The van der Waals surface area contributed by atoms with E-state index in [9.17, 15) is 36.2 Å². The fraction of sp³-hybridized carbons (Fsp3) is 0.238. The van der Waals surface area contributed by atoms with Crippen molar-refractivity contribution in [3.8, 4) is 17.3 Å². The Hall–Kier alpha value is -3.92. The highest BCUT2D eigenvalue weighted by Gasteiger charge is 2.35. The van der Waals surface area contributed by atoms with Crippen molar-refractivity contribution in [3.63, 3.8) is 0 Å². The Bertz CT molecular complexity index is 1240. The lowest BCUT2D eigenvalue weighted by atomic mass is 10.0. The van der Waals surface area contributed by atoms with Crippen LogP contribution in [0.5, 0.6) is 0 Å². The summed E-state index contributed by atoms with van der Waals surface area (Å²) in [5.41, 5.74) is -4.69. The molecule has 3 rings (SSSR count). The van der Waals surface area contributed by atoms with Gasteiger partial charge >= 0.3 is 12.4 Å². The van der Waals surface area contributed by atoms with E-state index in [-0.39, 0.29) is 11.4 Å². The minimum Gasteiger partial charge on any atom is -0.378 e. The first-order chi connectivity index (χ1) is 15.7. The summed E-state index contributed by atoms with van der Waals surface area (Å²) in [6, 6.07) is 8.07. The molecule has 1 aromatic heterocycles. The molecule has 0 spiro atoms. The van der Waals surface area contributed by atoms with Crippen LogP contribution in [0.1, 0.15) is 23.6 Å². The number of aliphatic hydroxyl groups is 1. The number of nitriles is 1. The Morgan fingerprint density at radius 3 is 2.29 bits per heavy atom. The van der Waals surface area contributed by atoms with Crippen LogP contribution in [-0.2, 0) is 23.7 Å². The number of rotatable bonds is 5. The second kappa shape index (κ2) is 8.79. The molecule has 13 heteroatoms. The summed E-state index contributed by atoms with van der Waals surface area (Å²) in [7, 11) is 0. The first-order valence-electron chi connectivity index (χ1n) is 9.43. The van der Waals surface area contributed by atoms with E-state index in [1.807, 2.05) is 0 Å². The highest BCUT2D eigenvalue weighted by Crippen LogP contribution is 2.34. The van der Waals surface area contributed by atoms with Crippen molar-refractivity contribution >= 4 is 11.6 Å². The van der Waals surface area contributed by atoms with Gasteiger partial charge in [0.25, 0.3) is 5.91 Å². The van der Waals surface area contributed by atoms with E-state index in [4.69, 9.17) is 5.26 Å². The van der Waals surface area contributed by atoms with Gasteiger partial charge in [0.05, 0.1) is 35.5 Å². The SMILES string of the molecule is C[C@](O)(Cn1cc(-c2ccc(C(F)(F)F)cc2)nn1)C(=O)Nc1ccc(C#N)c(C(F)(F)F)c1. The molecule has 1 amide bonds. The molecule has 2 aromatic carbocycles. The normalized spacial score (nSPS) is 13.7. The number of hydrogen-bond donors (Lipinski definition) is 2. The van der Waals surface area contributed by atoms with Crippen molar-refractivity contribution in [2.75, 3.05) is 5.32 Å². The number of alkyl halides is 6. The third-order valence-electron chi connectivity index (χ3n) is 4.71. The molecule has 0 unspecified atom stereocenters. The number of hydrogen-bond acceptors (Lipinski definition) is 5. The van der Waals surface area contributed by atoms with E-state index in [0.29, 0.717) is 11.6 Å². The van der Waals surface area contributed by atoms with Gasteiger partial charge in [-0.15, -0.1) is 5.10 Å². The number of nitrogens with one attached hydrogen (secondary N) is 1. The van der Waals surface area contributed by atoms with Crippen molar-refractivity contribution in [1.29, 1.82) is 5.26 Å². The molecule has 0 aliphatic rings. The van der Waals surface area contributed by atoms with Gasteiger partial charge in [-0.25, -0.2) is 4.68 Å². The number of benzene rings is 2. The predicted molar refractivity (Wildman–Crippen MR) is 106 cm³/mol. The average molecular weight is 483 g/mol. The second-order valence-corrected chi connectivity index (χ2v) is 7.47. The average Bonchev–Trinajstić information content (AvgIpc) is 3.20. The van der Waals surface area contributed by atoms with Gasteiger partial charge in [-0.3, -0.25) is 4.79 Å². The number of anilines is 1. The van der Waals surface area contributed by atoms with Gasteiger partial charge in [-0.05, 0) is 37.3 Å². The summed E-state index contributed by atoms with van der Waals surface area (Å²) in [6.45, 7) is 0.630. The zero-order chi connectivity index (χ0) is 25.3. The van der Waals surface area contributed by atoms with Gasteiger partial charge in [0.15, 0.2) is 5.60 Å². The Kier molecular flexibility index (Phi) is 6.39. The van der Waals surface area contributed by atoms with Gasteiger partial charge in [-0.2, -0.15) is 31.6 Å². The summed E-state index contributed by atoms with van der Waals surface area (Å²) in [4.78, 5) is 12.5. The lowest BCUT2D eigenvalue weighted by Crippen LogP contribution is -2.43. The van der Waals surface area contributed by atoms with E-state index in [1.54, 1.807) is 0 Å². The van der Waals surface area contributed by atoms with Gasteiger partial charge in [0.1, 0.15) is 5.69 Å². The first kappa shape index (κ1) is 24.7. The van der Waals surface area contributed by atoms with Crippen molar-refractivity contribution in [2.45, 2.75) is 31.4 Å². The molecule has 0 fully saturated rings. The summed E-state index contributed by atoms with van der Waals surface area (Å²) >= 11 is 0. The van der Waals surface area contributed by atoms with Gasteiger partial charge in [-0.1, -0.05) is 17.3 Å². The van der Waals surface area contributed by atoms with E-state index < -0.39 is 47.1 Å². The van der Waals surface area contributed by atoms with Crippen molar-refractivity contribution in [1.82, 2.24) is 15.0 Å². The van der Waals surface area contributed by atoms with E-state index in [1.165, 1.54) is 24.4 Å². The summed E-state index contributed by atoms with van der Waals surface area (Å²) in [5.74, 6) is -1.06. The number of amides is 1. The Morgan fingerprint density at radius 1 is 1.09 bits per heavy atom. The highest BCUT2D eigenvalue weighted by atomic mass is 19.4. The van der Waals surface area contributed by atoms with Crippen LogP contribution >= 0.6 is 0 Å². The summed E-state index contributed by atoms with van der Waals surface area (Å²) in [5, 5.41) is 29.1. The lowest BCUT2D eigenvalue weighted by molar-refractivity contribution is -0.138. The summed E-state index contributed by atoms with van der Waals surface area (Å²) in [6.07, 6.45) is -8.05. The number of carbonyl (C=O) groups excluding carboxylic acids is 1. The maximum Gasteiger partial charge on any atom is 0.417 e. The number of carbonyl (C=O) groups is 1. The van der Waals surface area contributed by atoms with Gasteiger partial charge < -0.3 is 10.4 Å². The molecular weight excluding hydrogens is 468 g/mol. The zero-order valence-corrected chi connectivity index (χ0v) is 17.2. The van der Waals surface area contributed by atoms with Crippen LogP contribution in [0.25, 0.3) is 11.3 Å². The maximum absolute atomic E-state index is 13.1. The van der Waals surface area contributed by atoms with Crippen LogP contribution in [0.3, 0.4) is 0 Å². The molecule has 178 valence electrons. The second-order valence-electron chi connectivity index (χ2n) is 7.47. The van der Waals surface area contributed by atoms with E-state index in [0.717, 1.165) is 35.9 Å². The predicted octanol–water partition coefficient (Wildman–Crippen LogP) is 4.24. The largest absolute Gasteiger partial charge is 0.417 e. The highest BCUT2D eigenvalue weighted by molar-refractivity contribution is 5.96. The molecule has 0 aliphatic carbocycles. The number of halogens is 6. The fourth-order valence-corrected chi connectivity index (χ4v) is 2.94. The van der Waals surface area contributed by atoms with E-state index in [2.05, 4.69) is 15.6 Å². The molecule has 7 nitrogen and oxygen atoms in total. The van der Waals surface area contributed by atoms with Gasteiger partial charge in [0.2, 0.25) is 0 Å². The van der Waals surface area contributed by atoms with Crippen LogP contribution in [0.2, 0.25) is 0 Å². The third kappa shape index (κ3) is 5.52. The molecule has 1 atom stereocenters. The first-order valence-corrected chi connectivity index (χ1v) is 9.43. The minimum atomic E-state index is -4.83. The van der Waals surface area contributed by atoms with Crippen LogP contribution < -0.4 is 5.32 Å². The summed E-state index contributed by atoms with van der Waals surface area (Å²) < 4.78 is 78.5. The van der Waals surface area contributed by atoms with Crippen molar-refractivity contribution < 1.29 is 36.2 Å². The molecule has 3 aromatic rings. The molecule has 2 N–H and O–H groups in total. The lowest BCUT2D eigenvalue weighted by Gasteiger charge is -2.22. The minimum absolute atomic E-state index is 0.173. The molecule has 1 heterocycles. The smallest absolute Gasteiger partial charge is 0.378 e. The topological polar surface area (TPSA) is 104 Å². The Labute approximate surface area is 188 Å². The van der Waals surface area contributed by atoms with Crippen LogP contribution in [0.4, 0.5) is 32.0 Å². The molecule has 0 aliphatic heterocycles. The van der Waals surface area contributed by atoms with E-state index >= 15 is 0 Å². The zero-order valence-electron chi connectivity index (χ0n) is 17.2. The van der Waals surface area contributed by atoms with Crippen molar-refractivity contribution in [3.05, 3.63) is 65.4 Å². The van der Waals surface area contributed by atoms with Crippen molar-refractivity contribution in [2.24, 2.45) is 0 Å². The molecule has 0 bridgehead atoms. The molecule has 0 saturated carbocycles. The Morgan fingerprint density at radius 2 is 1.74 bits per heavy atom. The molecule has 0 radical (unpaired) electrons. The molecule has 0 saturated heterocycles. The van der Waals surface area contributed by atoms with Crippen LogP contribution in [0, 0.1) is 11.3 Å². The number of nitrogens with zero attached hydrogens (tertiary/aromatic N) is 4. The quantitative estimate of drug-likeness (QED) is 0.529. The monoisotopic (exact) mass is 483 g/mol. The third-order valence-corrected chi connectivity index (χ3v) is 4.71. The van der Waals surface area contributed by atoms with Gasteiger partial charge in [0, 0.05) is 11.3 Å². The van der Waals surface area contributed by atoms with Crippen LogP contribution in [-0.4, -0.2) is 31.6 Å². The Balaban J connectivity index is 1.74. The van der Waals surface area contributed by atoms with Crippen LogP contribution in [0.15, 0.2) is 48.7 Å². The molecule has 34 heavy (non-hydrogen) atoms. The standard InChI is InChI=1S/C21H15F6N5O2/c1-19(34,18(33)29-15-7-4-13(9-28)16(8-15)21(25,26)27)11-32-10-17(30-31-32)12-2-5-14(6-3-12)20(22,23)24/h2-8,10,34H,11H2,1H3,(H,29,33)/t19-/m0/s1. The number of aromatic nitrogens is 3.